The molecule has 3 rings (SSSR count). The highest BCUT2D eigenvalue weighted by molar-refractivity contribution is 7.91. The highest BCUT2D eigenvalue weighted by Gasteiger charge is 2.31. The van der Waals surface area contributed by atoms with E-state index in [0.717, 1.165) is 11.1 Å². The maximum absolute atomic E-state index is 13.4. The molecule has 0 bridgehead atoms. The third kappa shape index (κ3) is 4.51. The fraction of sp³-hybridized carbons (Fsp3) is 0.174. The zero-order valence-electron chi connectivity index (χ0n) is 15.7. The Kier molecular flexibility index (Phi) is 6.01. The van der Waals surface area contributed by atoms with Crippen molar-refractivity contribution in [3.05, 3.63) is 100 Å². The van der Waals surface area contributed by atoms with E-state index in [-0.39, 0.29) is 17.1 Å². The van der Waals surface area contributed by atoms with Crippen LogP contribution in [0.1, 0.15) is 38.7 Å². The maximum atomic E-state index is 13.4. The van der Waals surface area contributed by atoms with Crippen molar-refractivity contribution >= 4 is 27.2 Å². The molecule has 3 aromatic carbocycles. The van der Waals surface area contributed by atoms with Gasteiger partial charge in [0.25, 0.3) is 0 Å². The summed E-state index contributed by atoms with van der Waals surface area (Å²) in [5.41, 5.74) is 3.06. The van der Waals surface area contributed by atoms with E-state index in [2.05, 4.69) is 0 Å². The quantitative estimate of drug-likeness (QED) is 0.484. The van der Waals surface area contributed by atoms with Crippen LogP contribution in [0.15, 0.2) is 77.7 Å². The summed E-state index contributed by atoms with van der Waals surface area (Å²) in [6.07, 6.45) is -0.138. The molecule has 0 radical (unpaired) electrons. The van der Waals surface area contributed by atoms with Crippen molar-refractivity contribution in [2.24, 2.45) is 0 Å². The SMILES string of the molecule is Cc1ccc(C(=O)C[C@@H](c2ccc(Cl)cc2)S(=O)(=O)c2ccc(C)cc2)cc1. The molecule has 1 atom stereocenters. The van der Waals surface area contributed by atoms with Gasteiger partial charge in [-0.05, 0) is 43.7 Å². The zero-order chi connectivity index (χ0) is 20.3. The predicted molar refractivity (Wildman–Crippen MR) is 113 cm³/mol. The van der Waals surface area contributed by atoms with Crippen LogP contribution in [0.4, 0.5) is 0 Å². The molecule has 0 aromatic heterocycles. The normalized spacial score (nSPS) is 12.5. The summed E-state index contributed by atoms with van der Waals surface area (Å²) in [6.45, 7) is 3.83. The molecule has 144 valence electrons. The number of aryl methyl sites for hydroxylation is 2. The minimum atomic E-state index is -3.76. The van der Waals surface area contributed by atoms with Crippen LogP contribution in [0.25, 0.3) is 0 Å². The van der Waals surface area contributed by atoms with E-state index in [1.807, 2.05) is 26.0 Å². The van der Waals surface area contributed by atoms with Gasteiger partial charge in [0, 0.05) is 17.0 Å². The predicted octanol–water partition coefficient (Wildman–Crippen LogP) is 5.74. The molecule has 0 aliphatic carbocycles. The van der Waals surface area contributed by atoms with Crippen molar-refractivity contribution in [2.75, 3.05) is 0 Å². The molecule has 3 aromatic rings. The van der Waals surface area contributed by atoms with E-state index in [4.69, 9.17) is 11.6 Å². The Morgan fingerprint density at radius 1 is 0.821 bits per heavy atom. The van der Waals surface area contributed by atoms with Crippen LogP contribution in [0, 0.1) is 13.8 Å². The highest BCUT2D eigenvalue weighted by atomic mass is 35.5. The molecule has 0 aliphatic heterocycles. The van der Waals surface area contributed by atoms with Gasteiger partial charge in [-0.15, -0.1) is 0 Å². The standard InChI is InChI=1S/C23H21ClO3S/c1-16-3-7-18(8-4-16)22(25)15-23(19-9-11-20(24)12-10-19)28(26,27)21-13-5-17(2)6-14-21/h3-14,23H,15H2,1-2H3/t23-/m0/s1. The molecule has 0 heterocycles. The number of sulfone groups is 1. The first kappa shape index (κ1) is 20.3. The number of Topliss-reactive ketones (excluding diaryl/α,β-unsaturated/α-hetero) is 1. The number of carbonyl (C=O) groups is 1. The molecule has 0 saturated heterocycles. The Morgan fingerprint density at radius 2 is 1.32 bits per heavy atom. The second kappa shape index (κ2) is 8.29. The fourth-order valence-electron chi connectivity index (χ4n) is 3.00. The van der Waals surface area contributed by atoms with Crippen LogP contribution in [0.5, 0.6) is 0 Å². The smallest absolute Gasteiger partial charge is 0.185 e. The molecule has 0 N–H and O–H groups in total. The van der Waals surface area contributed by atoms with Crippen LogP contribution < -0.4 is 0 Å². The van der Waals surface area contributed by atoms with E-state index in [0.29, 0.717) is 16.1 Å². The van der Waals surface area contributed by atoms with Crippen molar-refractivity contribution in [3.63, 3.8) is 0 Å². The molecule has 3 nitrogen and oxygen atoms in total. The van der Waals surface area contributed by atoms with Gasteiger partial charge in [0.15, 0.2) is 15.6 Å². The molecule has 0 spiro atoms. The molecule has 0 unspecified atom stereocenters. The Labute approximate surface area is 170 Å². The molecule has 28 heavy (non-hydrogen) atoms. The number of ketones is 1. The Morgan fingerprint density at radius 3 is 1.86 bits per heavy atom. The van der Waals surface area contributed by atoms with E-state index in [1.54, 1.807) is 60.7 Å². The first-order valence-electron chi connectivity index (χ1n) is 8.93. The summed E-state index contributed by atoms with van der Waals surface area (Å²) in [4.78, 5) is 13.1. The van der Waals surface area contributed by atoms with Crippen LogP contribution in [-0.2, 0) is 9.84 Å². The fourth-order valence-corrected chi connectivity index (χ4v) is 4.86. The lowest BCUT2D eigenvalue weighted by molar-refractivity contribution is 0.0980. The van der Waals surface area contributed by atoms with Crippen molar-refractivity contribution in [3.8, 4) is 0 Å². The summed E-state index contributed by atoms with van der Waals surface area (Å²) in [6, 6.07) is 20.5. The van der Waals surface area contributed by atoms with Crippen LogP contribution >= 0.6 is 11.6 Å². The summed E-state index contributed by atoms with van der Waals surface area (Å²) in [5.74, 6) is -0.212. The van der Waals surface area contributed by atoms with Gasteiger partial charge in [0.2, 0.25) is 0 Å². The Hall–Kier alpha value is -2.43. The highest BCUT2D eigenvalue weighted by Crippen LogP contribution is 2.33. The lowest BCUT2D eigenvalue weighted by atomic mass is 10.0. The van der Waals surface area contributed by atoms with Crippen molar-refractivity contribution in [1.29, 1.82) is 0 Å². The first-order valence-corrected chi connectivity index (χ1v) is 10.9. The summed E-state index contributed by atoms with van der Waals surface area (Å²) in [7, 11) is -3.76. The van der Waals surface area contributed by atoms with Crippen LogP contribution in [0.3, 0.4) is 0 Å². The Bertz CT molecular complexity index is 1070. The van der Waals surface area contributed by atoms with Gasteiger partial charge in [-0.25, -0.2) is 8.42 Å². The number of hydrogen-bond donors (Lipinski definition) is 0. The van der Waals surface area contributed by atoms with Gasteiger partial charge < -0.3 is 0 Å². The van der Waals surface area contributed by atoms with Crippen LogP contribution in [-0.4, -0.2) is 14.2 Å². The average molecular weight is 413 g/mol. The second-order valence-corrected chi connectivity index (χ2v) is 9.46. The molecule has 0 aliphatic rings. The number of halogens is 1. The van der Waals surface area contributed by atoms with E-state index < -0.39 is 15.1 Å². The number of rotatable bonds is 6. The molecule has 0 saturated carbocycles. The van der Waals surface area contributed by atoms with Gasteiger partial charge >= 0.3 is 0 Å². The third-order valence-electron chi connectivity index (χ3n) is 4.71. The van der Waals surface area contributed by atoms with Gasteiger partial charge in [0.05, 0.1) is 10.1 Å². The summed E-state index contributed by atoms with van der Waals surface area (Å²) < 4.78 is 26.7. The van der Waals surface area contributed by atoms with Gasteiger partial charge in [-0.2, -0.15) is 0 Å². The first-order chi connectivity index (χ1) is 13.3. The molecule has 5 heteroatoms. The molecular weight excluding hydrogens is 392 g/mol. The van der Waals surface area contributed by atoms with Gasteiger partial charge in [-0.1, -0.05) is 71.3 Å². The second-order valence-electron chi connectivity index (χ2n) is 6.89. The number of hydrogen-bond acceptors (Lipinski definition) is 3. The van der Waals surface area contributed by atoms with Crippen molar-refractivity contribution in [2.45, 2.75) is 30.4 Å². The van der Waals surface area contributed by atoms with E-state index >= 15 is 0 Å². The zero-order valence-corrected chi connectivity index (χ0v) is 17.3. The minimum Gasteiger partial charge on any atom is -0.294 e. The summed E-state index contributed by atoms with van der Waals surface area (Å²) in [5, 5.41) is -0.471. The van der Waals surface area contributed by atoms with Crippen molar-refractivity contribution < 1.29 is 13.2 Å². The lowest BCUT2D eigenvalue weighted by Crippen LogP contribution is -2.18. The lowest BCUT2D eigenvalue weighted by Gasteiger charge is -2.18. The van der Waals surface area contributed by atoms with Gasteiger partial charge in [0.1, 0.15) is 0 Å². The minimum absolute atomic E-state index is 0.138. The third-order valence-corrected chi connectivity index (χ3v) is 7.08. The monoisotopic (exact) mass is 412 g/mol. The number of benzene rings is 3. The average Bonchev–Trinajstić information content (AvgIpc) is 2.67. The molecule has 0 amide bonds. The maximum Gasteiger partial charge on any atom is 0.185 e. The largest absolute Gasteiger partial charge is 0.294 e. The van der Waals surface area contributed by atoms with Crippen molar-refractivity contribution in [1.82, 2.24) is 0 Å². The van der Waals surface area contributed by atoms with E-state index in [9.17, 15) is 13.2 Å². The van der Waals surface area contributed by atoms with Gasteiger partial charge in [-0.3, -0.25) is 4.79 Å². The summed E-state index contributed by atoms with van der Waals surface area (Å²) >= 11 is 5.97. The molecule has 0 fully saturated rings. The molecular formula is C23H21ClO3S. The topological polar surface area (TPSA) is 51.2 Å². The number of carbonyl (C=O) groups excluding carboxylic acids is 1. The van der Waals surface area contributed by atoms with E-state index in [1.165, 1.54) is 0 Å². The Balaban J connectivity index is 2.02. The van der Waals surface area contributed by atoms with Crippen LogP contribution in [0.2, 0.25) is 5.02 Å².